The van der Waals surface area contributed by atoms with Crippen LogP contribution in [0.1, 0.15) is 37.9 Å². The Balaban J connectivity index is 2.03. The van der Waals surface area contributed by atoms with Crippen molar-refractivity contribution in [1.82, 2.24) is 15.2 Å². The lowest BCUT2D eigenvalue weighted by molar-refractivity contribution is 0.0683. The molecule has 1 unspecified atom stereocenters. The van der Waals surface area contributed by atoms with Crippen LogP contribution in [0.5, 0.6) is 0 Å². The summed E-state index contributed by atoms with van der Waals surface area (Å²) >= 11 is 1.74. The summed E-state index contributed by atoms with van der Waals surface area (Å²) in [5.41, 5.74) is 1.50. The van der Waals surface area contributed by atoms with Gasteiger partial charge in [-0.25, -0.2) is 4.98 Å². The number of nitrogens with one attached hydrogen (secondary N) is 1. The van der Waals surface area contributed by atoms with E-state index in [2.05, 4.69) is 48.6 Å². The molecular formula is C14H26N4S. The van der Waals surface area contributed by atoms with E-state index in [0.29, 0.717) is 11.6 Å². The van der Waals surface area contributed by atoms with Crippen molar-refractivity contribution in [3.05, 3.63) is 11.1 Å². The quantitative estimate of drug-likeness (QED) is 0.868. The van der Waals surface area contributed by atoms with Crippen molar-refractivity contribution in [1.29, 1.82) is 0 Å². The van der Waals surface area contributed by atoms with Gasteiger partial charge in [-0.05, 0) is 47.3 Å². The summed E-state index contributed by atoms with van der Waals surface area (Å²) in [4.78, 5) is 9.45. The molecule has 1 aromatic heterocycles. The predicted molar refractivity (Wildman–Crippen MR) is 83.1 cm³/mol. The van der Waals surface area contributed by atoms with Crippen molar-refractivity contribution in [2.24, 2.45) is 0 Å². The Morgan fingerprint density at radius 3 is 2.58 bits per heavy atom. The van der Waals surface area contributed by atoms with E-state index in [9.17, 15) is 0 Å². The Bertz CT molecular complexity index is 411. The molecule has 1 saturated carbocycles. The largest absolute Gasteiger partial charge is 0.349 e. The molecule has 4 nitrogen and oxygen atoms in total. The molecule has 0 radical (unpaired) electrons. The third-order valence-corrected chi connectivity index (χ3v) is 5.45. The fraction of sp³-hybridized carbons (Fsp3) is 0.786. The molecule has 0 bridgehead atoms. The summed E-state index contributed by atoms with van der Waals surface area (Å²) in [6.45, 7) is 3.22. The number of hydrogen-bond donors (Lipinski definition) is 1. The number of nitrogens with zero attached hydrogens (tertiary/aromatic N) is 3. The molecule has 0 aliphatic heterocycles. The second-order valence-electron chi connectivity index (χ2n) is 5.89. The molecule has 1 heterocycles. The first-order valence-electron chi connectivity index (χ1n) is 7.00. The fourth-order valence-electron chi connectivity index (χ4n) is 2.64. The van der Waals surface area contributed by atoms with Crippen LogP contribution in [0.15, 0.2) is 5.38 Å². The van der Waals surface area contributed by atoms with E-state index in [-0.39, 0.29) is 0 Å². The molecule has 5 heteroatoms. The lowest BCUT2D eigenvalue weighted by Crippen LogP contribution is -2.56. The van der Waals surface area contributed by atoms with Gasteiger partial charge in [-0.1, -0.05) is 0 Å². The van der Waals surface area contributed by atoms with Crippen LogP contribution in [-0.2, 0) is 0 Å². The summed E-state index contributed by atoms with van der Waals surface area (Å²) in [6.07, 6.45) is 3.96. The molecule has 2 rings (SSSR count). The minimum absolute atomic E-state index is 0.324. The molecule has 1 N–H and O–H groups in total. The second-order valence-corrected chi connectivity index (χ2v) is 6.73. The Labute approximate surface area is 120 Å². The molecular weight excluding hydrogens is 256 g/mol. The monoisotopic (exact) mass is 282 g/mol. The lowest BCUT2D eigenvalue weighted by Gasteiger charge is -2.49. The third kappa shape index (κ3) is 2.93. The summed E-state index contributed by atoms with van der Waals surface area (Å²) in [6, 6.07) is 0.324. The molecule has 1 aliphatic carbocycles. The van der Waals surface area contributed by atoms with Crippen LogP contribution >= 0.6 is 11.3 Å². The van der Waals surface area contributed by atoms with Gasteiger partial charge in [0.1, 0.15) is 0 Å². The average Bonchev–Trinajstić information content (AvgIpc) is 2.81. The van der Waals surface area contributed by atoms with Gasteiger partial charge < -0.3 is 15.1 Å². The maximum Gasteiger partial charge on any atom is 0.185 e. The Morgan fingerprint density at radius 1 is 1.42 bits per heavy atom. The van der Waals surface area contributed by atoms with Crippen LogP contribution in [0.3, 0.4) is 0 Å². The van der Waals surface area contributed by atoms with Gasteiger partial charge in [-0.2, -0.15) is 0 Å². The summed E-state index contributed by atoms with van der Waals surface area (Å²) in [5, 5.41) is 6.53. The molecule has 1 aliphatic rings. The van der Waals surface area contributed by atoms with Gasteiger partial charge in [0.2, 0.25) is 0 Å². The SMILES string of the molecule is CNC(C)c1csc(N(C)CC2(N(C)C)CCC2)n1. The zero-order valence-corrected chi connectivity index (χ0v) is 13.5. The van der Waals surface area contributed by atoms with Crippen LogP contribution in [0, 0.1) is 0 Å². The Morgan fingerprint density at radius 2 is 2.11 bits per heavy atom. The molecule has 0 amide bonds. The van der Waals surface area contributed by atoms with E-state index in [1.54, 1.807) is 11.3 Å². The molecule has 108 valence electrons. The van der Waals surface area contributed by atoms with Crippen molar-refractivity contribution >= 4 is 16.5 Å². The molecule has 19 heavy (non-hydrogen) atoms. The average molecular weight is 282 g/mol. The topological polar surface area (TPSA) is 31.4 Å². The van der Waals surface area contributed by atoms with E-state index in [4.69, 9.17) is 4.98 Å². The highest BCUT2D eigenvalue weighted by Gasteiger charge is 2.40. The van der Waals surface area contributed by atoms with Gasteiger partial charge in [0.05, 0.1) is 5.69 Å². The number of thiazole rings is 1. The first-order valence-corrected chi connectivity index (χ1v) is 7.88. The van der Waals surface area contributed by atoms with Crippen molar-refractivity contribution < 1.29 is 0 Å². The van der Waals surface area contributed by atoms with Crippen LogP contribution in [0.25, 0.3) is 0 Å². The molecule has 1 aromatic rings. The Kier molecular flexibility index (Phi) is 4.48. The van der Waals surface area contributed by atoms with E-state index in [1.807, 2.05) is 7.05 Å². The zero-order valence-electron chi connectivity index (χ0n) is 12.7. The van der Waals surface area contributed by atoms with E-state index in [0.717, 1.165) is 17.4 Å². The van der Waals surface area contributed by atoms with E-state index < -0.39 is 0 Å². The standard InChI is InChI=1S/C14H26N4S/c1-11(15-2)12-9-19-13(16-12)18(5)10-14(17(3)4)7-6-8-14/h9,11,15H,6-8,10H2,1-5H3. The lowest BCUT2D eigenvalue weighted by atomic mass is 9.75. The molecule has 1 fully saturated rings. The minimum atomic E-state index is 0.324. The van der Waals surface area contributed by atoms with Gasteiger partial charge >= 0.3 is 0 Å². The van der Waals surface area contributed by atoms with E-state index >= 15 is 0 Å². The first-order chi connectivity index (χ1) is 8.98. The summed E-state index contributed by atoms with van der Waals surface area (Å²) in [7, 11) is 8.53. The first kappa shape index (κ1) is 14.8. The van der Waals surface area contributed by atoms with Crippen LogP contribution in [-0.4, -0.2) is 50.2 Å². The van der Waals surface area contributed by atoms with Crippen LogP contribution < -0.4 is 10.2 Å². The fourth-order valence-corrected chi connectivity index (χ4v) is 3.52. The minimum Gasteiger partial charge on any atom is -0.349 e. The highest BCUT2D eigenvalue weighted by Crippen LogP contribution is 2.37. The number of likely N-dealkylation sites (N-methyl/N-ethyl adjacent to an activating group) is 2. The summed E-state index contributed by atoms with van der Waals surface area (Å²) < 4.78 is 0. The van der Waals surface area contributed by atoms with Gasteiger partial charge in [0, 0.05) is 30.6 Å². The van der Waals surface area contributed by atoms with E-state index in [1.165, 1.54) is 19.3 Å². The van der Waals surface area contributed by atoms with Crippen molar-refractivity contribution in [2.75, 3.05) is 39.6 Å². The van der Waals surface area contributed by atoms with Crippen LogP contribution in [0.2, 0.25) is 0 Å². The maximum absolute atomic E-state index is 4.75. The highest BCUT2D eigenvalue weighted by molar-refractivity contribution is 7.13. The highest BCUT2D eigenvalue weighted by atomic mass is 32.1. The number of rotatable bonds is 6. The smallest absolute Gasteiger partial charge is 0.185 e. The normalized spacial score (nSPS) is 19.3. The molecule has 0 aromatic carbocycles. The van der Waals surface area contributed by atoms with Crippen molar-refractivity contribution in [3.63, 3.8) is 0 Å². The second kappa shape index (κ2) is 5.77. The number of aromatic nitrogens is 1. The van der Waals surface area contributed by atoms with Gasteiger partial charge in [0.15, 0.2) is 5.13 Å². The Hall–Kier alpha value is -0.650. The maximum atomic E-state index is 4.75. The zero-order chi connectivity index (χ0) is 14.0. The number of anilines is 1. The summed E-state index contributed by atoms with van der Waals surface area (Å²) in [5.74, 6) is 0. The van der Waals surface area contributed by atoms with Gasteiger partial charge in [0.25, 0.3) is 0 Å². The predicted octanol–water partition coefficient (Wildman–Crippen LogP) is 2.34. The van der Waals surface area contributed by atoms with Crippen LogP contribution in [0.4, 0.5) is 5.13 Å². The van der Waals surface area contributed by atoms with Gasteiger partial charge in [-0.3, -0.25) is 0 Å². The molecule has 1 atom stereocenters. The van der Waals surface area contributed by atoms with Gasteiger partial charge in [-0.15, -0.1) is 11.3 Å². The third-order valence-electron chi connectivity index (χ3n) is 4.48. The number of hydrogen-bond acceptors (Lipinski definition) is 5. The van der Waals surface area contributed by atoms with Crippen molar-refractivity contribution in [3.8, 4) is 0 Å². The molecule has 0 spiro atoms. The molecule has 0 saturated heterocycles. The van der Waals surface area contributed by atoms with Crippen molar-refractivity contribution in [2.45, 2.75) is 37.8 Å².